The fourth-order valence-electron chi connectivity index (χ4n) is 4.06. The van der Waals surface area contributed by atoms with Crippen molar-refractivity contribution in [1.29, 1.82) is 0 Å². The number of carbonyl (C=O) groups is 4. The van der Waals surface area contributed by atoms with Gasteiger partial charge in [-0.2, -0.15) is 0 Å². The lowest BCUT2D eigenvalue weighted by Gasteiger charge is -2.49. The summed E-state index contributed by atoms with van der Waals surface area (Å²) < 4.78 is 1.46. The number of hydrogen-bond acceptors (Lipinski definition) is 13. The van der Waals surface area contributed by atoms with Gasteiger partial charge in [-0.1, -0.05) is 23.9 Å². The van der Waals surface area contributed by atoms with E-state index in [9.17, 15) is 29.4 Å². The van der Waals surface area contributed by atoms with E-state index in [1.54, 1.807) is 30.6 Å². The van der Waals surface area contributed by atoms with Crippen molar-refractivity contribution in [2.24, 2.45) is 7.05 Å². The quantitative estimate of drug-likeness (QED) is 0.186. The highest BCUT2D eigenvalue weighted by Gasteiger charge is 2.54. The molecule has 1 fully saturated rings. The minimum Gasteiger partial charge on any atom is -0.478 e. The van der Waals surface area contributed by atoms with Gasteiger partial charge in [-0.25, -0.2) is 19.3 Å². The Morgan fingerprint density at radius 3 is 2.67 bits per heavy atom. The first-order chi connectivity index (χ1) is 19.2. The first-order valence-corrected chi connectivity index (χ1v) is 15.2. The van der Waals surface area contributed by atoms with E-state index in [2.05, 4.69) is 25.8 Å². The monoisotopic (exact) mass is 620 g/mol. The molecule has 1 saturated heterocycles. The Labute approximate surface area is 242 Å². The van der Waals surface area contributed by atoms with Gasteiger partial charge in [-0.3, -0.25) is 14.5 Å². The van der Waals surface area contributed by atoms with E-state index < -0.39 is 40.4 Å². The number of hydrogen-bond donors (Lipinski definition) is 4. The third-order valence-corrected chi connectivity index (χ3v) is 10.3. The molecule has 2 unspecified atom stereocenters. The van der Waals surface area contributed by atoms with Gasteiger partial charge in [0.25, 0.3) is 5.91 Å². The van der Waals surface area contributed by atoms with Crippen molar-refractivity contribution in [3.05, 3.63) is 52.2 Å². The summed E-state index contributed by atoms with van der Waals surface area (Å²) in [7, 11) is 1.67. The average molecular weight is 621 g/mol. The summed E-state index contributed by atoms with van der Waals surface area (Å²) in [5, 5.41) is 34.1. The second kappa shape index (κ2) is 11.5. The van der Waals surface area contributed by atoms with E-state index in [1.165, 1.54) is 39.2 Å². The van der Waals surface area contributed by atoms with E-state index in [0.29, 0.717) is 27.1 Å². The van der Waals surface area contributed by atoms with Gasteiger partial charge in [0, 0.05) is 28.8 Å². The van der Waals surface area contributed by atoms with Gasteiger partial charge in [0.1, 0.15) is 22.4 Å². The maximum Gasteiger partial charge on any atom is 0.352 e. The Bertz CT molecular complexity index is 1540. The number of carboxylic acid groups (broad SMARTS) is 2. The van der Waals surface area contributed by atoms with Crippen LogP contribution in [0.5, 0.6) is 0 Å². The largest absolute Gasteiger partial charge is 0.478 e. The predicted octanol–water partition coefficient (Wildman–Crippen LogP) is 1.31. The zero-order valence-corrected chi connectivity index (χ0v) is 23.7. The molecule has 5 rings (SSSR count). The minimum absolute atomic E-state index is 0.0148. The van der Waals surface area contributed by atoms with Crippen LogP contribution in [0.15, 0.2) is 51.0 Å². The van der Waals surface area contributed by atoms with Crippen LogP contribution in [0.4, 0.5) is 5.13 Å². The highest BCUT2D eigenvalue weighted by molar-refractivity contribution is 8.01. The number of aromatic carboxylic acids is 1. The summed E-state index contributed by atoms with van der Waals surface area (Å²) in [4.78, 5) is 56.3. The molecule has 0 spiro atoms. The van der Waals surface area contributed by atoms with Gasteiger partial charge >= 0.3 is 11.9 Å². The van der Waals surface area contributed by atoms with Crippen molar-refractivity contribution in [2.75, 3.05) is 17.2 Å². The number of nitrogens with zero attached hydrogens (tertiary/aromatic N) is 6. The molecule has 0 aliphatic carbocycles. The van der Waals surface area contributed by atoms with E-state index >= 15 is 0 Å². The van der Waals surface area contributed by atoms with Crippen molar-refractivity contribution in [2.45, 2.75) is 26.7 Å². The van der Waals surface area contributed by atoms with Gasteiger partial charge in [-0.15, -0.1) is 40.0 Å². The number of thiazole rings is 1. The summed E-state index contributed by atoms with van der Waals surface area (Å²) in [6, 6.07) is 5.27. The Morgan fingerprint density at radius 2 is 2.02 bits per heavy atom. The summed E-state index contributed by atoms with van der Waals surface area (Å²) in [5.41, 5.74) is 6.54. The number of nitrogen functional groups attached to an aromatic ring is 1. The Balaban J connectivity index is 1.35. The standard InChI is InChI=1S/C22H20N8O6S4/c1-29-22(26-27-28-29)39-7-9-6-37-18-13(17(32)30(18)14(9)20(35)36)25-16(31)15(11-8-38-21(23)24-11)40-12-5-3-2-4-10(12)19(33)34/h2-5,8,13,15,18H,6-7H2,1H3,(H2,23,24)(H,25,31)(H,33,34)(H,35,36)/t13?,15?,18-/m1/s1. The SMILES string of the molecule is Cn1nnnc1SCC1=C(C(=O)O)N2C(=O)C(NC(=O)C(Sc3ccccc3C(=O)O)c3csc(N)n3)[C@H]2SC1. The molecule has 2 aliphatic heterocycles. The summed E-state index contributed by atoms with van der Waals surface area (Å²) in [6.07, 6.45) is 0. The second-order valence-corrected chi connectivity index (χ2v) is 12.5. The number of carboxylic acids is 2. The molecule has 2 aliphatic rings. The molecule has 0 radical (unpaired) electrons. The number of carbonyl (C=O) groups excluding carboxylic acids is 2. The Morgan fingerprint density at radius 1 is 1.25 bits per heavy atom. The van der Waals surface area contributed by atoms with Crippen LogP contribution in [0.1, 0.15) is 21.3 Å². The molecule has 14 nitrogen and oxygen atoms in total. The lowest BCUT2D eigenvalue weighted by atomic mass is 10.0. The zero-order chi connectivity index (χ0) is 28.6. The van der Waals surface area contributed by atoms with Crippen LogP contribution in [0.3, 0.4) is 0 Å². The maximum absolute atomic E-state index is 13.5. The number of nitrogens with two attached hydrogens (primary N) is 1. The van der Waals surface area contributed by atoms with Crippen molar-refractivity contribution in [1.82, 2.24) is 35.4 Å². The number of β-lactam (4-membered cyclic amide) rings is 1. The fraction of sp³-hybridized carbons (Fsp3) is 0.273. The zero-order valence-electron chi connectivity index (χ0n) is 20.5. The molecule has 3 atom stereocenters. The number of aryl methyl sites for hydroxylation is 1. The van der Waals surface area contributed by atoms with Crippen LogP contribution < -0.4 is 11.1 Å². The summed E-state index contributed by atoms with van der Waals surface area (Å²) in [6.45, 7) is 0. The molecule has 2 amide bonds. The van der Waals surface area contributed by atoms with Crippen LogP contribution in [0.25, 0.3) is 0 Å². The smallest absolute Gasteiger partial charge is 0.352 e. The number of anilines is 1. The minimum atomic E-state index is -1.24. The number of rotatable bonds is 10. The van der Waals surface area contributed by atoms with Gasteiger partial charge in [0.15, 0.2) is 5.13 Å². The van der Waals surface area contributed by atoms with E-state index in [4.69, 9.17) is 5.73 Å². The van der Waals surface area contributed by atoms with Crippen molar-refractivity contribution < 1.29 is 29.4 Å². The number of tetrazole rings is 1. The van der Waals surface area contributed by atoms with Crippen molar-refractivity contribution >= 4 is 75.5 Å². The molecule has 208 valence electrons. The molecular formula is C22H20N8O6S4. The maximum atomic E-state index is 13.5. The highest BCUT2D eigenvalue weighted by atomic mass is 32.2. The third-order valence-electron chi connectivity index (χ3n) is 5.91. The molecule has 3 aromatic rings. The van der Waals surface area contributed by atoms with Crippen molar-refractivity contribution in [3.8, 4) is 0 Å². The molecule has 40 heavy (non-hydrogen) atoms. The number of aliphatic carboxylic acids is 1. The van der Waals surface area contributed by atoms with Gasteiger partial charge in [-0.05, 0) is 28.1 Å². The number of aromatic nitrogens is 5. The van der Waals surface area contributed by atoms with Crippen LogP contribution in [-0.2, 0) is 21.4 Å². The highest BCUT2D eigenvalue weighted by Crippen LogP contribution is 2.43. The van der Waals surface area contributed by atoms with E-state index in [1.807, 2.05) is 0 Å². The molecular weight excluding hydrogens is 601 g/mol. The summed E-state index contributed by atoms with van der Waals surface area (Å²) >= 11 is 4.70. The summed E-state index contributed by atoms with van der Waals surface area (Å²) in [5.74, 6) is -2.94. The molecule has 4 heterocycles. The lowest BCUT2D eigenvalue weighted by Crippen LogP contribution is -2.70. The molecule has 0 saturated carbocycles. The normalized spacial score (nSPS) is 19.1. The van der Waals surface area contributed by atoms with Crippen LogP contribution in [0.2, 0.25) is 0 Å². The molecule has 2 aromatic heterocycles. The van der Waals surface area contributed by atoms with E-state index in [-0.39, 0.29) is 22.1 Å². The van der Waals surface area contributed by atoms with Gasteiger partial charge in [0.2, 0.25) is 11.1 Å². The van der Waals surface area contributed by atoms with Crippen molar-refractivity contribution in [3.63, 3.8) is 0 Å². The van der Waals surface area contributed by atoms with Crippen LogP contribution in [-0.4, -0.2) is 87.0 Å². The number of nitrogens with one attached hydrogen (secondary N) is 1. The molecule has 0 bridgehead atoms. The first-order valence-electron chi connectivity index (χ1n) is 11.4. The predicted molar refractivity (Wildman–Crippen MR) is 148 cm³/mol. The number of benzene rings is 1. The number of thioether (sulfide) groups is 3. The lowest BCUT2D eigenvalue weighted by molar-refractivity contribution is -0.150. The Kier molecular flexibility index (Phi) is 8.02. The third kappa shape index (κ3) is 5.38. The van der Waals surface area contributed by atoms with Gasteiger partial charge < -0.3 is 21.3 Å². The number of amides is 2. The average Bonchev–Trinajstić information content (AvgIpc) is 3.55. The molecule has 1 aromatic carbocycles. The van der Waals surface area contributed by atoms with Gasteiger partial charge in [0.05, 0.1) is 11.3 Å². The first kappa shape index (κ1) is 27.9. The number of fused-ring (bicyclic) bond motifs is 1. The van der Waals surface area contributed by atoms with E-state index in [0.717, 1.165) is 23.1 Å². The fourth-order valence-corrected chi connectivity index (χ4v) is 8.18. The molecule has 18 heteroatoms. The second-order valence-electron chi connectivity index (χ2n) is 8.44. The topological polar surface area (TPSA) is 207 Å². The van der Waals surface area contributed by atoms with Crippen LogP contribution >= 0.6 is 46.6 Å². The van der Waals surface area contributed by atoms with Crippen LogP contribution in [0, 0.1) is 0 Å². The Hall–Kier alpha value is -3.61. The molecule has 5 N–H and O–H groups in total.